The maximum absolute atomic E-state index is 12.6. The van der Waals surface area contributed by atoms with Gasteiger partial charge in [0.1, 0.15) is 17.3 Å². The predicted octanol–water partition coefficient (Wildman–Crippen LogP) is 4.09. The van der Waals surface area contributed by atoms with Crippen LogP contribution in [0.25, 0.3) is 0 Å². The van der Waals surface area contributed by atoms with E-state index in [-0.39, 0.29) is 11.0 Å². The standard InChI is InChI=1S/C20H19F3N2OS.2H2O/c21-20(22,23)15-5-9-17(10-6-15)26-16-7-3-14(4-8-16)18-2-1-11-25-12-13-27-24-19(18)25;;/h3-10,18H,1-2,11-13H2;2*1H2. The van der Waals surface area contributed by atoms with Crippen molar-refractivity contribution >= 4 is 17.8 Å². The molecule has 158 valence electrons. The summed E-state index contributed by atoms with van der Waals surface area (Å²) >= 11 is 1.63. The van der Waals surface area contributed by atoms with E-state index in [9.17, 15) is 13.2 Å². The lowest BCUT2D eigenvalue weighted by Crippen LogP contribution is -2.42. The molecular weight excluding hydrogens is 405 g/mol. The normalized spacial score (nSPS) is 18.7. The molecule has 0 saturated carbocycles. The predicted molar refractivity (Wildman–Crippen MR) is 109 cm³/mol. The topological polar surface area (TPSA) is 87.8 Å². The summed E-state index contributed by atoms with van der Waals surface area (Å²) in [6, 6.07) is 12.5. The molecule has 0 aromatic heterocycles. The van der Waals surface area contributed by atoms with E-state index in [1.165, 1.54) is 17.7 Å². The Morgan fingerprint density at radius 2 is 1.55 bits per heavy atom. The molecule has 5 nitrogen and oxygen atoms in total. The molecule has 2 heterocycles. The van der Waals surface area contributed by atoms with Crippen molar-refractivity contribution in [2.45, 2.75) is 24.9 Å². The second-order valence-electron chi connectivity index (χ2n) is 6.66. The highest BCUT2D eigenvalue weighted by Gasteiger charge is 2.30. The molecule has 0 aliphatic carbocycles. The molecule has 1 atom stereocenters. The fourth-order valence-corrected chi connectivity index (χ4v) is 4.26. The monoisotopic (exact) mass is 428 g/mol. The van der Waals surface area contributed by atoms with Gasteiger partial charge in [-0.2, -0.15) is 13.2 Å². The maximum Gasteiger partial charge on any atom is 0.416 e. The highest BCUT2D eigenvalue weighted by Crippen LogP contribution is 2.34. The number of hydrogen-bond donors (Lipinski definition) is 0. The van der Waals surface area contributed by atoms with Gasteiger partial charge in [-0.3, -0.25) is 0 Å². The number of rotatable bonds is 3. The zero-order chi connectivity index (χ0) is 18.9. The molecular formula is C20H23F3N2O3S. The number of fused-ring (bicyclic) bond motifs is 1. The van der Waals surface area contributed by atoms with Gasteiger partial charge in [0.05, 0.1) is 5.56 Å². The van der Waals surface area contributed by atoms with Gasteiger partial charge in [-0.25, -0.2) is 4.40 Å². The van der Waals surface area contributed by atoms with Crippen LogP contribution in [0.5, 0.6) is 11.5 Å². The summed E-state index contributed by atoms with van der Waals surface area (Å²) in [6.45, 7) is 2.13. The van der Waals surface area contributed by atoms with Gasteiger partial charge in [0.2, 0.25) is 0 Å². The van der Waals surface area contributed by atoms with Gasteiger partial charge in [-0.05, 0) is 66.8 Å². The van der Waals surface area contributed by atoms with Crippen LogP contribution in [0.15, 0.2) is 52.9 Å². The first kappa shape index (κ1) is 23.1. The molecule has 2 aliphatic heterocycles. The molecule has 0 radical (unpaired) electrons. The number of alkyl halides is 3. The smallest absolute Gasteiger partial charge is 0.416 e. The van der Waals surface area contributed by atoms with E-state index >= 15 is 0 Å². The van der Waals surface area contributed by atoms with E-state index in [1.807, 2.05) is 24.3 Å². The van der Waals surface area contributed by atoms with E-state index in [4.69, 9.17) is 4.74 Å². The number of ether oxygens (including phenoxy) is 1. The fourth-order valence-electron chi connectivity index (χ4n) is 3.49. The Hall–Kier alpha value is -2.23. The summed E-state index contributed by atoms with van der Waals surface area (Å²) in [5, 5.41) is 0. The highest BCUT2D eigenvalue weighted by molar-refractivity contribution is 7.98. The molecule has 1 saturated heterocycles. The summed E-state index contributed by atoms with van der Waals surface area (Å²) in [5.74, 6) is 3.48. The van der Waals surface area contributed by atoms with E-state index in [0.29, 0.717) is 17.4 Å². The van der Waals surface area contributed by atoms with Crippen LogP contribution in [0.4, 0.5) is 13.2 Å². The van der Waals surface area contributed by atoms with Gasteiger partial charge in [-0.1, -0.05) is 12.1 Å². The molecule has 9 heteroatoms. The first-order valence-corrected chi connectivity index (χ1v) is 9.85. The van der Waals surface area contributed by atoms with Crippen LogP contribution in [0.2, 0.25) is 0 Å². The lowest BCUT2D eigenvalue weighted by molar-refractivity contribution is -0.137. The van der Waals surface area contributed by atoms with Crippen molar-refractivity contribution in [3.63, 3.8) is 0 Å². The van der Waals surface area contributed by atoms with Crippen LogP contribution in [-0.2, 0) is 6.18 Å². The third kappa shape index (κ3) is 5.23. The van der Waals surface area contributed by atoms with Crippen LogP contribution < -0.4 is 4.74 Å². The van der Waals surface area contributed by atoms with Gasteiger partial charge < -0.3 is 20.6 Å². The van der Waals surface area contributed by atoms with Crippen LogP contribution in [-0.4, -0.2) is 40.5 Å². The summed E-state index contributed by atoms with van der Waals surface area (Å²) in [4.78, 5) is 2.37. The molecule has 2 aromatic carbocycles. The molecule has 2 aliphatic rings. The summed E-state index contributed by atoms with van der Waals surface area (Å²) < 4.78 is 48.2. The Kier molecular flexibility index (Phi) is 7.56. The van der Waals surface area contributed by atoms with Crippen molar-refractivity contribution in [3.8, 4) is 11.5 Å². The third-order valence-electron chi connectivity index (χ3n) is 4.87. The Bertz CT molecular complexity index is 826. The molecule has 4 N–H and O–H groups in total. The lowest BCUT2D eigenvalue weighted by atomic mass is 9.89. The molecule has 0 bridgehead atoms. The minimum absolute atomic E-state index is 0. The van der Waals surface area contributed by atoms with Crippen LogP contribution in [0, 0.1) is 0 Å². The fraction of sp³-hybridized carbons (Fsp3) is 0.350. The second-order valence-corrected chi connectivity index (χ2v) is 7.51. The van der Waals surface area contributed by atoms with Crippen molar-refractivity contribution < 1.29 is 28.9 Å². The SMILES string of the molecule is FC(F)(F)c1ccc(Oc2ccc(C3CCCN4CCSN=C34)cc2)cc1.O.O. The number of benzene rings is 2. The van der Waals surface area contributed by atoms with E-state index < -0.39 is 11.7 Å². The zero-order valence-corrected chi connectivity index (χ0v) is 16.4. The first-order valence-electron chi connectivity index (χ1n) is 8.90. The Morgan fingerprint density at radius 3 is 2.17 bits per heavy atom. The average Bonchev–Trinajstić information content (AvgIpc) is 2.68. The van der Waals surface area contributed by atoms with Crippen molar-refractivity contribution in [2.24, 2.45) is 4.40 Å². The van der Waals surface area contributed by atoms with E-state index in [0.717, 1.165) is 49.7 Å². The molecule has 1 fully saturated rings. The molecule has 2 aromatic rings. The van der Waals surface area contributed by atoms with Crippen molar-refractivity contribution in [1.82, 2.24) is 4.90 Å². The second kappa shape index (κ2) is 9.51. The summed E-state index contributed by atoms with van der Waals surface area (Å²) in [7, 11) is 0. The minimum Gasteiger partial charge on any atom is -0.457 e. The Labute approximate surface area is 171 Å². The molecule has 29 heavy (non-hydrogen) atoms. The zero-order valence-electron chi connectivity index (χ0n) is 15.6. The third-order valence-corrected chi connectivity index (χ3v) is 5.55. The number of hydrogen-bond acceptors (Lipinski definition) is 4. The summed E-state index contributed by atoms with van der Waals surface area (Å²) in [5.41, 5.74) is 0.513. The first-order chi connectivity index (χ1) is 13.0. The average molecular weight is 428 g/mol. The Balaban J connectivity index is 0.00000150. The van der Waals surface area contributed by atoms with Gasteiger partial charge in [-0.15, -0.1) is 0 Å². The Morgan fingerprint density at radius 1 is 0.931 bits per heavy atom. The van der Waals surface area contributed by atoms with Gasteiger partial charge in [0.25, 0.3) is 0 Å². The van der Waals surface area contributed by atoms with Crippen LogP contribution in [0.3, 0.4) is 0 Å². The van der Waals surface area contributed by atoms with Gasteiger partial charge in [0.15, 0.2) is 0 Å². The number of piperidine rings is 1. The van der Waals surface area contributed by atoms with Crippen molar-refractivity contribution in [3.05, 3.63) is 59.7 Å². The molecule has 4 rings (SSSR count). The minimum atomic E-state index is -4.34. The van der Waals surface area contributed by atoms with Crippen molar-refractivity contribution in [2.75, 3.05) is 18.8 Å². The molecule has 1 unspecified atom stereocenters. The maximum atomic E-state index is 12.6. The quantitative estimate of drug-likeness (QED) is 0.690. The van der Waals surface area contributed by atoms with Gasteiger partial charge >= 0.3 is 6.18 Å². The van der Waals surface area contributed by atoms with Crippen LogP contribution >= 0.6 is 11.9 Å². The largest absolute Gasteiger partial charge is 0.457 e. The lowest BCUT2D eigenvalue weighted by Gasteiger charge is -2.37. The van der Waals surface area contributed by atoms with Crippen LogP contribution in [0.1, 0.15) is 29.9 Å². The summed E-state index contributed by atoms with van der Waals surface area (Å²) in [6.07, 6.45) is -2.11. The molecule has 0 spiro atoms. The number of nitrogens with zero attached hydrogens (tertiary/aromatic N) is 2. The van der Waals surface area contributed by atoms with E-state index in [2.05, 4.69) is 9.30 Å². The van der Waals surface area contributed by atoms with Gasteiger partial charge in [0, 0.05) is 24.8 Å². The highest BCUT2D eigenvalue weighted by atomic mass is 32.2. The number of halogens is 3. The van der Waals surface area contributed by atoms with E-state index in [1.54, 1.807) is 11.9 Å². The van der Waals surface area contributed by atoms with Crippen molar-refractivity contribution in [1.29, 1.82) is 0 Å². The number of amidine groups is 1. The molecule has 0 amide bonds.